The molecular formula is C23H19N5O4S. The van der Waals surface area contributed by atoms with Crippen LogP contribution in [0.2, 0.25) is 0 Å². The number of amides is 2. The predicted octanol–water partition coefficient (Wildman–Crippen LogP) is 4.33. The van der Waals surface area contributed by atoms with Gasteiger partial charge in [-0.25, -0.2) is 4.68 Å². The van der Waals surface area contributed by atoms with Gasteiger partial charge >= 0.3 is 0 Å². The van der Waals surface area contributed by atoms with Crippen LogP contribution in [0.3, 0.4) is 0 Å². The molecule has 2 N–H and O–H groups in total. The summed E-state index contributed by atoms with van der Waals surface area (Å²) in [6, 6.07) is 18.1. The molecule has 0 fully saturated rings. The van der Waals surface area contributed by atoms with Crippen molar-refractivity contribution in [2.75, 3.05) is 5.32 Å². The van der Waals surface area contributed by atoms with Crippen molar-refractivity contribution >= 4 is 34.7 Å². The van der Waals surface area contributed by atoms with Crippen molar-refractivity contribution < 1.29 is 14.5 Å². The molecule has 0 saturated carbocycles. The highest BCUT2D eigenvalue weighted by Gasteiger charge is 2.14. The minimum atomic E-state index is -0.474. The molecule has 0 radical (unpaired) electrons. The Bertz CT molecular complexity index is 1300. The van der Waals surface area contributed by atoms with E-state index < -0.39 is 4.92 Å². The van der Waals surface area contributed by atoms with Gasteiger partial charge in [-0.15, -0.1) is 11.3 Å². The maximum absolute atomic E-state index is 12.8. The maximum atomic E-state index is 12.8. The molecule has 0 atom stereocenters. The van der Waals surface area contributed by atoms with E-state index in [1.54, 1.807) is 55.5 Å². The Balaban J connectivity index is 1.43. The van der Waals surface area contributed by atoms with E-state index in [1.165, 1.54) is 28.2 Å². The van der Waals surface area contributed by atoms with Gasteiger partial charge in [-0.2, -0.15) is 5.10 Å². The molecule has 0 aliphatic carbocycles. The molecular weight excluding hydrogens is 442 g/mol. The van der Waals surface area contributed by atoms with Crippen LogP contribution in [-0.2, 0) is 6.54 Å². The first kappa shape index (κ1) is 21.9. The molecule has 166 valence electrons. The van der Waals surface area contributed by atoms with Gasteiger partial charge < -0.3 is 10.6 Å². The number of carbonyl (C=O) groups excluding carboxylic acids is 2. The highest BCUT2D eigenvalue weighted by atomic mass is 32.1. The summed E-state index contributed by atoms with van der Waals surface area (Å²) >= 11 is 1.37. The number of non-ortho nitro benzene ring substituents is 1. The molecule has 10 heteroatoms. The van der Waals surface area contributed by atoms with Crippen LogP contribution >= 0.6 is 11.3 Å². The molecule has 2 amide bonds. The number of nitro benzene ring substituents is 1. The molecule has 2 aromatic carbocycles. The van der Waals surface area contributed by atoms with Crippen molar-refractivity contribution in [1.82, 2.24) is 15.1 Å². The summed E-state index contributed by atoms with van der Waals surface area (Å²) in [5, 5.41) is 22.8. The fourth-order valence-corrected chi connectivity index (χ4v) is 3.78. The normalized spacial score (nSPS) is 10.6. The minimum Gasteiger partial charge on any atom is -0.347 e. The number of nitrogens with zero attached hydrogens (tertiary/aromatic N) is 3. The summed E-state index contributed by atoms with van der Waals surface area (Å²) in [5.41, 5.74) is 2.54. The quantitative estimate of drug-likeness (QED) is 0.314. The molecule has 2 aromatic heterocycles. The Labute approximate surface area is 192 Å². The Kier molecular flexibility index (Phi) is 6.27. The first-order chi connectivity index (χ1) is 15.9. The second-order valence-corrected chi connectivity index (χ2v) is 8.11. The summed E-state index contributed by atoms with van der Waals surface area (Å²) in [5.74, 6) is -0.0208. The predicted molar refractivity (Wildman–Crippen MR) is 125 cm³/mol. The summed E-state index contributed by atoms with van der Waals surface area (Å²) in [7, 11) is 0. The highest BCUT2D eigenvalue weighted by Crippen LogP contribution is 2.21. The molecule has 0 aliphatic heterocycles. The Morgan fingerprint density at radius 3 is 2.42 bits per heavy atom. The fraction of sp³-hybridized carbons (Fsp3) is 0.0870. The number of aromatic nitrogens is 2. The summed E-state index contributed by atoms with van der Waals surface area (Å²) in [6.45, 7) is 2.14. The molecule has 2 heterocycles. The number of benzene rings is 2. The van der Waals surface area contributed by atoms with Gasteiger partial charge in [0.2, 0.25) is 0 Å². The van der Waals surface area contributed by atoms with Gasteiger partial charge in [0.1, 0.15) is 5.82 Å². The van der Waals surface area contributed by atoms with Crippen LogP contribution in [-0.4, -0.2) is 26.5 Å². The number of hydrogen-bond acceptors (Lipinski definition) is 6. The molecule has 9 nitrogen and oxygen atoms in total. The van der Waals surface area contributed by atoms with Crippen molar-refractivity contribution in [2.45, 2.75) is 13.5 Å². The summed E-state index contributed by atoms with van der Waals surface area (Å²) in [4.78, 5) is 35.9. The van der Waals surface area contributed by atoms with Gasteiger partial charge in [0.05, 0.1) is 21.2 Å². The number of aryl methyl sites for hydroxylation is 1. The lowest BCUT2D eigenvalue weighted by atomic mass is 10.1. The number of rotatable bonds is 7. The standard InChI is InChI=1S/C23H19N5O4S/c1-15-13-21(27(26-15)18-8-10-19(11-9-18)28(31)32)25-22(29)17-6-4-16(5-7-17)14-24-23(30)20-3-2-12-33-20/h2-13H,14H2,1H3,(H,24,30)(H,25,29). The summed E-state index contributed by atoms with van der Waals surface area (Å²) < 4.78 is 1.52. The third-order valence-electron chi connectivity index (χ3n) is 4.79. The number of nitro groups is 1. The molecule has 4 rings (SSSR count). The SMILES string of the molecule is Cc1cc(NC(=O)c2ccc(CNC(=O)c3cccs3)cc2)n(-c2ccc([N+](=O)[O-])cc2)n1. The third kappa shape index (κ3) is 5.13. The van der Waals surface area contributed by atoms with E-state index in [2.05, 4.69) is 15.7 Å². The van der Waals surface area contributed by atoms with Crippen molar-refractivity contribution in [1.29, 1.82) is 0 Å². The second-order valence-electron chi connectivity index (χ2n) is 7.17. The van der Waals surface area contributed by atoms with Gasteiger partial charge in [-0.3, -0.25) is 19.7 Å². The Morgan fingerprint density at radius 1 is 1.06 bits per heavy atom. The van der Waals surface area contributed by atoms with Crippen LogP contribution in [0, 0.1) is 17.0 Å². The van der Waals surface area contributed by atoms with Crippen LogP contribution in [0.15, 0.2) is 72.1 Å². The number of hydrogen-bond donors (Lipinski definition) is 2. The average molecular weight is 462 g/mol. The first-order valence-electron chi connectivity index (χ1n) is 9.94. The number of nitrogens with one attached hydrogen (secondary N) is 2. The van der Waals surface area contributed by atoms with E-state index >= 15 is 0 Å². The third-order valence-corrected chi connectivity index (χ3v) is 5.66. The topological polar surface area (TPSA) is 119 Å². The van der Waals surface area contributed by atoms with Gasteiger partial charge in [0.15, 0.2) is 0 Å². The van der Waals surface area contributed by atoms with Crippen LogP contribution in [0.25, 0.3) is 5.69 Å². The molecule has 33 heavy (non-hydrogen) atoms. The van der Waals surface area contributed by atoms with E-state index in [0.29, 0.717) is 34.2 Å². The van der Waals surface area contributed by atoms with Gasteiger partial charge in [-0.1, -0.05) is 18.2 Å². The Hall–Kier alpha value is -4.31. The maximum Gasteiger partial charge on any atom is 0.269 e. The lowest BCUT2D eigenvalue weighted by Gasteiger charge is -2.10. The van der Waals surface area contributed by atoms with Crippen molar-refractivity contribution in [3.63, 3.8) is 0 Å². The van der Waals surface area contributed by atoms with E-state index in [-0.39, 0.29) is 17.5 Å². The number of carbonyl (C=O) groups is 2. The monoisotopic (exact) mass is 461 g/mol. The molecule has 0 spiro atoms. The van der Waals surface area contributed by atoms with Gasteiger partial charge in [0, 0.05) is 30.3 Å². The molecule has 0 saturated heterocycles. The molecule has 0 aliphatic rings. The second kappa shape index (κ2) is 9.45. The summed E-state index contributed by atoms with van der Waals surface area (Å²) in [6.07, 6.45) is 0. The van der Waals surface area contributed by atoms with Gasteiger partial charge in [-0.05, 0) is 48.2 Å². The fourth-order valence-electron chi connectivity index (χ4n) is 3.14. The number of anilines is 1. The zero-order chi connectivity index (χ0) is 23.4. The lowest BCUT2D eigenvalue weighted by molar-refractivity contribution is -0.384. The molecule has 0 unspecified atom stereocenters. The zero-order valence-corrected chi connectivity index (χ0v) is 18.3. The number of thiophene rings is 1. The van der Waals surface area contributed by atoms with Crippen LogP contribution < -0.4 is 10.6 Å². The van der Waals surface area contributed by atoms with Gasteiger partial charge in [0.25, 0.3) is 17.5 Å². The molecule has 4 aromatic rings. The van der Waals surface area contributed by atoms with E-state index in [0.717, 1.165) is 5.56 Å². The average Bonchev–Trinajstić information content (AvgIpc) is 3.48. The largest absolute Gasteiger partial charge is 0.347 e. The van der Waals surface area contributed by atoms with Crippen molar-refractivity contribution in [3.8, 4) is 5.69 Å². The smallest absolute Gasteiger partial charge is 0.269 e. The Morgan fingerprint density at radius 2 is 1.79 bits per heavy atom. The zero-order valence-electron chi connectivity index (χ0n) is 17.5. The molecule has 0 bridgehead atoms. The lowest BCUT2D eigenvalue weighted by Crippen LogP contribution is -2.21. The van der Waals surface area contributed by atoms with E-state index in [1.807, 2.05) is 11.4 Å². The van der Waals surface area contributed by atoms with Crippen molar-refractivity contribution in [2.24, 2.45) is 0 Å². The van der Waals surface area contributed by atoms with E-state index in [9.17, 15) is 19.7 Å². The van der Waals surface area contributed by atoms with Crippen molar-refractivity contribution in [3.05, 3.63) is 104 Å². The minimum absolute atomic E-state index is 0.0279. The van der Waals surface area contributed by atoms with Crippen LogP contribution in [0.5, 0.6) is 0 Å². The first-order valence-corrected chi connectivity index (χ1v) is 10.8. The van der Waals surface area contributed by atoms with E-state index in [4.69, 9.17) is 0 Å². The van der Waals surface area contributed by atoms with Crippen LogP contribution in [0.1, 0.15) is 31.3 Å². The van der Waals surface area contributed by atoms with Crippen LogP contribution in [0.4, 0.5) is 11.5 Å². The highest BCUT2D eigenvalue weighted by molar-refractivity contribution is 7.12.